The lowest BCUT2D eigenvalue weighted by Crippen LogP contribution is -2.50. The Morgan fingerprint density at radius 1 is 0.968 bits per heavy atom. The summed E-state index contributed by atoms with van der Waals surface area (Å²) in [6.07, 6.45) is 0.750. The fourth-order valence-corrected chi connectivity index (χ4v) is 5.55. The first-order valence-corrected chi connectivity index (χ1v) is 12.0. The molecule has 1 aromatic heterocycles. The van der Waals surface area contributed by atoms with E-state index in [-0.39, 0.29) is 19.0 Å². The monoisotopic (exact) mass is 437 g/mol. The van der Waals surface area contributed by atoms with Gasteiger partial charge in [0.1, 0.15) is 0 Å². The molecular weight excluding hydrogens is 410 g/mol. The lowest BCUT2D eigenvalue weighted by molar-refractivity contribution is 0.0699. The number of sulfonamides is 1. The minimum absolute atomic E-state index is 0.0572. The zero-order valence-corrected chi connectivity index (χ0v) is 18.9. The van der Waals surface area contributed by atoms with Crippen molar-refractivity contribution in [2.75, 3.05) is 26.2 Å². The molecule has 7 heteroatoms. The Hall–Kier alpha value is -2.77. The number of amides is 1. The maximum absolute atomic E-state index is 13.5. The molecule has 1 saturated heterocycles. The summed E-state index contributed by atoms with van der Waals surface area (Å²) in [6, 6.07) is 14.6. The smallest absolute Gasteiger partial charge is 0.254 e. The van der Waals surface area contributed by atoms with E-state index in [4.69, 9.17) is 4.98 Å². The number of piperazine rings is 1. The van der Waals surface area contributed by atoms with Crippen LogP contribution in [-0.4, -0.2) is 54.7 Å². The van der Waals surface area contributed by atoms with Gasteiger partial charge in [0.15, 0.2) is 0 Å². The van der Waals surface area contributed by atoms with Crippen LogP contribution in [-0.2, 0) is 16.4 Å². The van der Waals surface area contributed by atoms with Crippen molar-refractivity contribution in [2.24, 2.45) is 0 Å². The highest BCUT2D eigenvalue weighted by molar-refractivity contribution is 7.89. The maximum atomic E-state index is 13.5. The summed E-state index contributed by atoms with van der Waals surface area (Å²) in [7, 11) is -3.56. The van der Waals surface area contributed by atoms with Gasteiger partial charge in [-0.2, -0.15) is 4.31 Å². The Morgan fingerprint density at radius 3 is 2.26 bits per heavy atom. The molecule has 31 heavy (non-hydrogen) atoms. The first-order chi connectivity index (χ1) is 14.8. The fraction of sp³-hybridized carbons (Fsp3) is 0.333. The second-order valence-electron chi connectivity index (χ2n) is 7.94. The number of carbonyl (C=O) groups is 1. The molecule has 4 rings (SSSR count). The second-order valence-corrected chi connectivity index (χ2v) is 9.88. The van der Waals surface area contributed by atoms with E-state index in [9.17, 15) is 13.2 Å². The van der Waals surface area contributed by atoms with Gasteiger partial charge in [-0.3, -0.25) is 9.78 Å². The van der Waals surface area contributed by atoms with E-state index in [0.29, 0.717) is 23.5 Å². The first-order valence-electron chi connectivity index (χ1n) is 10.6. The van der Waals surface area contributed by atoms with Gasteiger partial charge in [0.25, 0.3) is 5.91 Å². The molecule has 1 aliphatic rings. The maximum Gasteiger partial charge on any atom is 0.254 e. The summed E-state index contributed by atoms with van der Waals surface area (Å²) in [5, 5.41) is 0.844. The topological polar surface area (TPSA) is 70.6 Å². The van der Waals surface area contributed by atoms with Crippen molar-refractivity contribution >= 4 is 26.8 Å². The number of carbonyl (C=O) groups excluding carboxylic acids is 1. The van der Waals surface area contributed by atoms with Gasteiger partial charge in [0, 0.05) is 37.3 Å². The summed E-state index contributed by atoms with van der Waals surface area (Å²) in [5.41, 5.74) is 4.33. The predicted molar refractivity (Wildman–Crippen MR) is 122 cm³/mol. The summed E-state index contributed by atoms with van der Waals surface area (Å²) in [5.74, 6) is -0.0572. The van der Waals surface area contributed by atoms with Crippen molar-refractivity contribution in [1.82, 2.24) is 14.2 Å². The third kappa shape index (κ3) is 3.95. The van der Waals surface area contributed by atoms with Gasteiger partial charge in [-0.1, -0.05) is 42.8 Å². The lowest BCUT2D eigenvalue weighted by Gasteiger charge is -2.34. The number of fused-ring (bicyclic) bond motifs is 1. The number of hydrogen-bond acceptors (Lipinski definition) is 4. The lowest BCUT2D eigenvalue weighted by atomic mass is 9.99. The minimum atomic E-state index is -3.56. The molecule has 0 N–H and O–H groups in total. The summed E-state index contributed by atoms with van der Waals surface area (Å²) < 4.78 is 27.4. The third-order valence-corrected chi connectivity index (χ3v) is 7.88. The van der Waals surface area contributed by atoms with Gasteiger partial charge in [-0.05, 0) is 44.0 Å². The molecule has 1 aliphatic heterocycles. The van der Waals surface area contributed by atoms with Gasteiger partial charge < -0.3 is 4.90 Å². The first kappa shape index (κ1) is 21.5. The van der Waals surface area contributed by atoms with Crippen LogP contribution in [0.5, 0.6) is 0 Å². The predicted octanol–water partition coefficient (Wildman–Crippen LogP) is 3.56. The van der Waals surface area contributed by atoms with Gasteiger partial charge in [0.2, 0.25) is 10.0 Å². The molecule has 0 spiro atoms. The average molecular weight is 438 g/mol. The number of hydrogen-bond donors (Lipinski definition) is 0. The zero-order chi connectivity index (χ0) is 22.2. The molecule has 1 fully saturated rings. The van der Waals surface area contributed by atoms with Crippen LogP contribution < -0.4 is 0 Å². The molecule has 0 unspecified atom stereocenters. The van der Waals surface area contributed by atoms with Crippen LogP contribution in [0.1, 0.15) is 34.1 Å². The molecule has 0 atom stereocenters. The number of aryl methyl sites for hydroxylation is 2. The molecule has 0 aliphatic carbocycles. The standard InChI is InChI=1S/C24H27N3O3S/c1-4-21-18(3)23(20-7-5-6-8-22(20)25-21)24(28)26-13-15-27(16-14-26)31(29,30)19-11-9-17(2)10-12-19/h5-12H,4,13-16H2,1-3H3. The molecular formula is C24H27N3O3S. The van der Waals surface area contributed by atoms with Crippen molar-refractivity contribution in [3.63, 3.8) is 0 Å². The van der Waals surface area contributed by atoms with Gasteiger partial charge in [-0.15, -0.1) is 0 Å². The molecule has 3 aromatic rings. The van der Waals surface area contributed by atoms with Gasteiger partial charge in [-0.25, -0.2) is 8.42 Å². The Bertz CT molecular complexity index is 1230. The number of pyridine rings is 1. The molecule has 6 nitrogen and oxygen atoms in total. The molecule has 0 saturated carbocycles. The van der Waals surface area contributed by atoms with Crippen LogP contribution in [0.4, 0.5) is 0 Å². The SMILES string of the molecule is CCc1nc2ccccc2c(C(=O)N2CCN(S(=O)(=O)c3ccc(C)cc3)CC2)c1C. The van der Waals surface area contributed by atoms with Crippen LogP contribution in [0.2, 0.25) is 0 Å². The van der Waals surface area contributed by atoms with E-state index in [1.54, 1.807) is 29.2 Å². The molecule has 2 aromatic carbocycles. The number of benzene rings is 2. The van der Waals surface area contributed by atoms with E-state index >= 15 is 0 Å². The molecule has 1 amide bonds. The number of aromatic nitrogens is 1. The quantitative estimate of drug-likeness (QED) is 0.626. The van der Waals surface area contributed by atoms with Crippen LogP contribution in [0, 0.1) is 13.8 Å². The largest absolute Gasteiger partial charge is 0.336 e. The molecule has 0 radical (unpaired) electrons. The average Bonchev–Trinajstić information content (AvgIpc) is 2.78. The highest BCUT2D eigenvalue weighted by Crippen LogP contribution is 2.26. The number of rotatable bonds is 4. The second kappa shape index (κ2) is 8.40. The van der Waals surface area contributed by atoms with Crippen LogP contribution in [0.25, 0.3) is 10.9 Å². The van der Waals surface area contributed by atoms with Crippen molar-refractivity contribution in [3.8, 4) is 0 Å². The Morgan fingerprint density at radius 2 is 1.61 bits per heavy atom. The number of nitrogens with zero attached hydrogens (tertiary/aromatic N) is 3. The number of para-hydroxylation sites is 1. The van der Waals surface area contributed by atoms with E-state index in [1.165, 1.54) is 4.31 Å². The van der Waals surface area contributed by atoms with Gasteiger partial charge >= 0.3 is 0 Å². The van der Waals surface area contributed by atoms with E-state index < -0.39 is 10.0 Å². The van der Waals surface area contributed by atoms with E-state index in [1.807, 2.05) is 45.0 Å². The molecule has 0 bridgehead atoms. The highest BCUT2D eigenvalue weighted by Gasteiger charge is 2.31. The Labute approximate surface area is 183 Å². The Balaban J connectivity index is 1.58. The normalized spacial score (nSPS) is 15.4. The highest BCUT2D eigenvalue weighted by atomic mass is 32.2. The van der Waals surface area contributed by atoms with E-state index in [2.05, 4.69) is 0 Å². The fourth-order valence-electron chi connectivity index (χ4n) is 4.13. The molecule has 2 heterocycles. The minimum Gasteiger partial charge on any atom is -0.336 e. The third-order valence-electron chi connectivity index (χ3n) is 5.97. The van der Waals surface area contributed by atoms with Crippen LogP contribution in [0.3, 0.4) is 0 Å². The van der Waals surface area contributed by atoms with Crippen molar-refractivity contribution in [1.29, 1.82) is 0 Å². The summed E-state index contributed by atoms with van der Waals surface area (Å²) >= 11 is 0. The van der Waals surface area contributed by atoms with E-state index in [0.717, 1.165) is 34.1 Å². The zero-order valence-electron chi connectivity index (χ0n) is 18.1. The van der Waals surface area contributed by atoms with Crippen LogP contribution >= 0.6 is 0 Å². The van der Waals surface area contributed by atoms with Crippen LogP contribution in [0.15, 0.2) is 53.4 Å². The summed E-state index contributed by atoms with van der Waals surface area (Å²) in [4.78, 5) is 20.3. The molecule has 162 valence electrons. The van der Waals surface area contributed by atoms with Crippen molar-refractivity contribution < 1.29 is 13.2 Å². The summed E-state index contributed by atoms with van der Waals surface area (Å²) in [6.45, 7) is 7.20. The van der Waals surface area contributed by atoms with Crippen molar-refractivity contribution in [3.05, 3.63) is 70.9 Å². The van der Waals surface area contributed by atoms with Gasteiger partial charge in [0.05, 0.1) is 16.0 Å². The van der Waals surface area contributed by atoms with Crippen molar-refractivity contribution in [2.45, 2.75) is 32.1 Å². The Kier molecular flexibility index (Phi) is 5.81.